The predicted octanol–water partition coefficient (Wildman–Crippen LogP) is 2.53. The molecule has 0 amide bonds. The number of para-hydroxylation sites is 1. The number of anilines is 1. The largest absolute Gasteiger partial charge is 0.371 e. The van der Waals surface area contributed by atoms with E-state index >= 15 is 0 Å². The lowest BCUT2D eigenvalue weighted by Gasteiger charge is -2.35. The summed E-state index contributed by atoms with van der Waals surface area (Å²) in [7, 11) is 0. The van der Waals surface area contributed by atoms with Crippen molar-refractivity contribution in [3.63, 3.8) is 0 Å². The van der Waals surface area contributed by atoms with Gasteiger partial charge in [-0.05, 0) is 38.0 Å². The Morgan fingerprint density at radius 1 is 1.19 bits per heavy atom. The van der Waals surface area contributed by atoms with Crippen LogP contribution in [0.15, 0.2) is 48.8 Å². The molecule has 1 unspecified atom stereocenters. The van der Waals surface area contributed by atoms with Crippen molar-refractivity contribution < 1.29 is 0 Å². The van der Waals surface area contributed by atoms with Crippen molar-refractivity contribution in [2.24, 2.45) is 0 Å². The van der Waals surface area contributed by atoms with Gasteiger partial charge in [-0.3, -0.25) is 4.68 Å². The van der Waals surface area contributed by atoms with E-state index < -0.39 is 0 Å². The molecule has 1 aliphatic heterocycles. The van der Waals surface area contributed by atoms with E-state index in [9.17, 15) is 0 Å². The molecule has 1 atom stereocenters. The Morgan fingerprint density at radius 3 is 2.62 bits per heavy atom. The molecule has 2 aromatic rings. The first kappa shape index (κ1) is 14.1. The number of nitrogens with one attached hydrogen (secondary N) is 1. The highest BCUT2D eigenvalue weighted by Gasteiger charge is 2.20. The van der Waals surface area contributed by atoms with Gasteiger partial charge in [-0.2, -0.15) is 5.10 Å². The first-order chi connectivity index (χ1) is 10.3. The zero-order valence-electron chi connectivity index (χ0n) is 12.7. The van der Waals surface area contributed by atoms with Gasteiger partial charge in [0.25, 0.3) is 0 Å². The molecular formula is C17H24N4. The van der Waals surface area contributed by atoms with Crippen molar-refractivity contribution >= 4 is 5.69 Å². The molecule has 21 heavy (non-hydrogen) atoms. The third-order valence-electron chi connectivity index (χ3n) is 4.16. The van der Waals surface area contributed by atoms with Crippen molar-refractivity contribution in [3.8, 4) is 0 Å². The Labute approximate surface area is 126 Å². The summed E-state index contributed by atoms with van der Waals surface area (Å²) in [6, 6.07) is 13.8. The highest BCUT2D eigenvalue weighted by molar-refractivity contribution is 5.46. The van der Waals surface area contributed by atoms with Crippen LogP contribution in [0, 0.1) is 0 Å². The summed E-state index contributed by atoms with van der Waals surface area (Å²) in [6.07, 6.45) is 6.28. The molecule has 1 saturated heterocycles. The van der Waals surface area contributed by atoms with E-state index in [0.717, 1.165) is 19.6 Å². The molecule has 1 fully saturated rings. The van der Waals surface area contributed by atoms with Gasteiger partial charge in [0.05, 0.1) is 6.54 Å². The fourth-order valence-corrected chi connectivity index (χ4v) is 3.09. The maximum Gasteiger partial charge on any atom is 0.0560 e. The molecule has 1 N–H and O–H groups in total. The van der Waals surface area contributed by atoms with Gasteiger partial charge >= 0.3 is 0 Å². The molecule has 0 aliphatic carbocycles. The van der Waals surface area contributed by atoms with Crippen LogP contribution in [0.5, 0.6) is 0 Å². The van der Waals surface area contributed by atoms with Crippen LogP contribution in [0.2, 0.25) is 0 Å². The molecule has 1 aromatic carbocycles. The smallest absolute Gasteiger partial charge is 0.0560 e. The van der Waals surface area contributed by atoms with Crippen molar-refractivity contribution in [3.05, 3.63) is 48.8 Å². The van der Waals surface area contributed by atoms with Crippen LogP contribution >= 0.6 is 0 Å². The molecule has 3 rings (SSSR count). The average molecular weight is 284 g/mol. The lowest BCUT2D eigenvalue weighted by Crippen LogP contribution is -2.46. The molecule has 4 heteroatoms. The summed E-state index contributed by atoms with van der Waals surface area (Å²) in [5, 5.41) is 8.01. The number of benzene rings is 1. The lowest BCUT2D eigenvalue weighted by atomic mass is 10.0. The fraction of sp³-hybridized carbons (Fsp3) is 0.471. The van der Waals surface area contributed by atoms with E-state index in [4.69, 9.17) is 0 Å². The Bertz CT molecular complexity index is 515. The third-order valence-corrected chi connectivity index (χ3v) is 4.16. The minimum Gasteiger partial charge on any atom is -0.371 e. The lowest BCUT2D eigenvalue weighted by molar-refractivity contribution is 0.348. The summed E-state index contributed by atoms with van der Waals surface area (Å²) in [4.78, 5) is 2.48. The van der Waals surface area contributed by atoms with E-state index in [-0.39, 0.29) is 0 Å². The van der Waals surface area contributed by atoms with Gasteiger partial charge in [0.15, 0.2) is 0 Å². The van der Waals surface area contributed by atoms with E-state index in [1.807, 2.05) is 23.1 Å². The third kappa shape index (κ3) is 3.85. The van der Waals surface area contributed by atoms with Crippen LogP contribution in [0.4, 0.5) is 5.69 Å². The molecule has 0 saturated carbocycles. The van der Waals surface area contributed by atoms with E-state index in [1.165, 1.54) is 18.5 Å². The summed E-state index contributed by atoms with van der Waals surface area (Å²) in [6.45, 7) is 5.45. The topological polar surface area (TPSA) is 33.1 Å². The van der Waals surface area contributed by atoms with Crippen LogP contribution in [-0.4, -0.2) is 35.0 Å². The van der Waals surface area contributed by atoms with E-state index in [2.05, 4.69) is 52.6 Å². The summed E-state index contributed by atoms with van der Waals surface area (Å²) < 4.78 is 2.00. The second-order valence-corrected chi connectivity index (χ2v) is 5.89. The minimum absolute atomic E-state index is 0.457. The number of rotatable bonds is 5. The van der Waals surface area contributed by atoms with Crippen molar-refractivity contribution in [2.75, 3.05) is 18.0 Å². The average Bonchev–Trinajstić information content (AvgIpc) is 3.02. The zero-order valence-corrected chi connectivity index (χ0v) is 12.7. The monoisotopic (exact) mass is 284 g/mol. The Balaban J connectivity index is 1.45. The van der Waals surface area contributed by atoms with Crippen molar-refractivity contribution in [1.29, 1.82) is 0 Å². The van der Waals surface area contributed by atoms with Crippen molar-refractivity contribution in [1.82, 2.24) is 15.1 Å². The normalized spacial score (nSPS) is 17.9. The van der Waals surface area contributed by atoms with E-state index in [0.29, 0.717) is 12.1 Å². The zero-order chi connectivity index (χ0) is 14.5. The van der Waals surface area contributed by atoms with Gasteiger partial charge in [0.1, 0.15) is 0 Å². The number of hydrogen-bond donors (Lipinski definition) is 1. The highest BCUT2D eigenvalue weighted by atomic mass is 15.3. The molecule has 2 heterocycles. The summed E-state index contributed by atoms with van der Waals surface area (Å²) in [5.74, 6) is 0. The number of piperidine rings is 1. The van der Waals surface area contributed by atoms with E-state index in [1.54, 1.807) is 0 Å². The first-order valence-corrected chi connectivity index (χ1v) is 7.85. The van der Waals surface area contributed by atoms with Crippen molar-refractivity contribution in [2.45, 2.75) is 38.4 Å². The molecule has 0 spiro atoms. The Morgan fingerprint density at radius 2 is 1.95 bits per heavy atom. The standard InChI is InChI=1S/C17H24N4/c1-15(14-21-11-5-10-18-21)19-16-8-12-20(13-9-16)17-6-3-2-4-7-17/h2-7,10-11,15-16,19H,8-9,12-14H2,1H3. The summed E-state index contributed by atoms with van der Waals surface area (Å²) >= 11 is 0. The highest BCUT2D eigenvalue weighted by Crippen LogP contribution is 2.19. The van der Waals surface area contributed by atoms with Gasteiger partial charge in [-0.15, -0.1) is 0 Å². The molecule has 4 nitrogen and oxygen atoms in total. The van der Waals surface area contributed by atoms with Gasteiger partial charge in [-0.25, -0.2) is 0 Å². The van der Waals surface area contributed by atoms with Crippen LogP contribution < -0.4 is 10.2 Å². The molecule has 0 radical (unpaired) electrons. The SMILES string of the molecule is CC(Cn1cccn1)NC1CCN(c2ccccc2)CC1. The van der Waals surface area contributed by atoms with Crippen LogP contribution in [0.1, 0.15) is 19.8 Å². The van der Waals surface area contributed by atoms with Gasteiger partial charge in [0.2, 0.25) is 0 Å². The number of hydrogen-bond acceptors (Lipinski definition) is 3. The first-order valence-electron chi connectivity index (χ1n) is 7.85. The maximum atomic E-state index is 4.27. The number of aromatic nitrogens is 2. The minimum atomic E-state index is 0.457. The molecule has 1 aliphatic rings. The van der Waals surface area contributed by atoms with Crippen LogP contribution in [0.25, 0.3) is 0 Å². The molecule has 0 bridgehead atoms. The fourth-order valence-electron chi connectivity index (χ4n) is 3.09. The maximum absolute atomic E-state index is 4.27. The Hall–Kier alpha value is -1.81. The summed E-state index contributed by atoms with van der Waals surface area (Å²) in [5.41, 5.74) is 1.35. The van der Waals surface area contributed by atoms with Crippen LogP contribution in [0.3, 0.4) is 0 Å². The Kier molecular flexibility index (Phi) is 4.55. The van der Waals surface area contributed by atoms with Gasteiger partial charge in [-0.1, -0.05) is 18.2 Å². The molecular weight excluding hydrogens is 260 g/mol. The quantitative estimate of drug-likeness (QED) is 0.916. The van der Waals surface area contributed by atoms with Gasteiger partial charge < -0.3 is 10.2 Å². The van der Waals surface area contributed by atoms with Gasteiger partial charge in [0, 0.05) is 43.3 Å². The molecule has 112 valence electrons. The number of nitrogens with zero attached hydrogens (tertiary/aromatic N) is 3. The second-order valence-electron chi connectivity index (χ2n) is 5.89. The predicted molar refractivity (Wildman–Crippen MR) is 86.5 cm³/mol. The molecule has 1 aromatic heterocycles. The van der Waals surface area contributed by atoms with Crippen LogP contribution in [-0.2, 0) is 6.54 Å². The second kappa shape index (κ2) is 6.76.